The van der Waals surface area contributed by atoms with Gasteiger partial charge in [0, 0.05) is 30.5 Å². The number of nitrogens with zero attached hydrogens (tertiary/aromatic N) is 3. The molecule has 6 heteroatoms. The van der Waals surface area contributed by atoms with Gasteiger partial charge in [-0.05, 0) is 32.0 Å². The minimum Gasteiger partial charge on any atom is -0.327 e. The molecule has 2 aromatic rings. The van der Waals surface area contributed by atoms with E-state index in [9.17, 15) is 13.2 Å². The fourth-order valence-electron chi connectivity index (χ4n) is 3.29. The molecule has 1 unspecified atom stereocenters. The number of aromatic nitrogens is 2. The summed E-state index contributed by atoms with van der Waals surface area (Å²) in [6, 6.07) is 5.83. The number of halogens is 3. The highest BCUT2D eigenvalue weighted by atomic mass is 19.4. The van der Waals surface area contributed by atoms with Crippen LogP contribution in [0.3, 0.4) is 0 Å². The second kappa shape index (κ2) is 6.35. The van der Waals surface area contributed by atoms with Crippen molar-refractivity contribution in [3.8, 4) is 11.4 Å². The van der Waals surface area contributed by atoms with Crippen molar-refractivity contribution in [2.75, 3.05) is 19.6 Å². The lowest BCUT2D eigenvalue weighted by molar-refractivity contribution is -0.137. The summed E-state index contributed by atoms with van der Waals surface area (Å²) in [7, 11) is 0. The predicted molar refractivity (Wildman–Crippen MR) is 83.1 cm³/mol. The van der Waals surface area contributed by atoms with E-state index >= 15 is 0 Å². The summed E-state index contributed by atoms with van der Waals surface area (Å²) in [5.74, 6) is 0.404. The van der Waals surface area contributed by atoms with Gasteiger partial charge in [0.25, 0.3) is 0 Å². The van der Waals surface area contributed by atoms with Crippen LogP contribution in [0.5, 0.6) is 0 Å². The van der Waals surface area contributed by atoms with Gasteiger partial charge in [0.15, 0.2) is 0 Å². The Balaban J connectivity index is 1.99. The van der Waals surface area contributed by atoms with Crippen molar-refractivity contribution in [3.63, 3.8) is 0 Å². The Morgan fingerprint density at radius 1 is 1.26 bits per heavy atom. The van der Waals surface area contributed by atoms with Crippen molar-refractivity contribution in [1.82, 2.24) is 14.5 Å². The van der Waals surface area contributed by atoms with Gasteiger partial charge < -0.3 is 9.47 Å². The molecule has 0 bridgehead atoms. The topological polar surface area (TPSA) is 21.1 Å². The van der Waals surface area contributed by atoms with Crippen LogP contribution in [-0.4, -0.2) is 34.1 Å². The van der Waals surface area contributed by atoms with Crippen LogP contribution in [0, 0.1) is 0 Å². The molecule has 1 atom stereocenters. The molecule has 2 heterocycles. The van der Waals surface area contributed by atoms with E-state index in [0.29, 0.717) is 5.82 Å². The lowest BCUT2D eigenvalue weighted by Gasteiger charge is -2.33. The summed E-state index contributed by atoms with van der Waals surface area (Å²) in [5, 5.41) is 0. The molecule has 0 aliphatic carbocycles. The molecule has 3 nitrogen and oxygen atoms in total. The van der Waals surface area contributed by atoms with Gasteiger partial charge in [-0.3, -0.25) is 0 Å². The van der Waals surface area contributed by atoms with Gasteiger partial charge in [0.1, 0.15) is 5.82 Å². The van der Waals surface area contributed by atoms with E-state index in [0.717, 1.165) is 38.5 Å². The first-order valence-electron chi connectivity index (χ1n) is 7.92. The van der Waals surface area contributed by atoms with Gasteiger partial charge in [0.2, 0.25) is 0 Å². The first-order valence-corrected chi connectivity index (χ1v) is 7.92. The third-order valence-electron chi connectivity index (χ3n) is 4.46. The van der Waals surface area contributed by atoms with E-state index < -0.39 is 11.7 Å². The standard InChI is InChI=1S/C17H20F3N3/c1-2-22-10-5-6-13(12-22)23-11-9-21-16(23)14-7-3-4-8-15(14)17(18,19)20/h3-4,7-9,11,13H,2,5-6,10,12H2,1H3. The Morgan fingerprint density at radius 2 is 2.04 bits per heavy atom. The Morgan fingerprint density at radius 3 is 2.78 bits per heavy atom. The van der Waals surface area contributed by atoms with E-state index in [1.807, 2.05) is 4.57 Å². The van der Waals surface area contributed by atoms with Crippen LogP contribution in [-0.2, 0) is 6.18 Å². The minimum absolute atomic E-state index is 0.152. The molecule has 0 spiro atoms. The molecule has 1 aliphatic heterocycles. The third kappa shape index (κ3) is 3.27. The van der Waals surface area contributed by atoms with Crippen molar-refractivity contribution in [2.24, 2.45) is 0 Å². The first kappa shape index (κ1) is 16.1. The van der Waals surface area contributed by atoms with Crippen molar-refractivity contribution >= 4 is 0 Å². The molecule has 0 amide bonds. The van der Waals surface area contributed by atoms with Gasteiger partial charge in [-0.2, -0.15) is 13.2 Å². The summed E-state index contributed by atoms with van der Waals surface area (Å²) in [6.07, 6.45) is 1.03. The molecule has 0 radical (unpaired) electrons. The van der Waals surface area contributed by atoms with Crippen LogP contribution < -0.4 is 0 Å². The molecular weight excluding hydrogens is 303 g/mol. The molecule has 0 N–H and O–H groups in total. The smallest absolute Gasteiger partial charge is 0.327 e. The number of rotatable bonds is 3. The number of hydrogen-bond donors (Lipinski definition) is 0. The summed E-state index contributed by atoms with van der Waals surface area (Å²) in [4.78, 5) is 6.56. The fourth-order valence-corrected chi connectivity index (χ4v) is 3.29. The first-order chi connectivity index (χ1) is 11.0. The molecule has 124 valence electrons. The zero-order valence-corrected chi connectivity index (χ0v) is 13.1. The SMILES string of the molecule is CCN1CCCC(n2ccnc2-c2ccccc2C(F)(F)F)C1. The van der Waals surface area contributed by atoms with Gasteiger partial charge in [-0.15, -0.1) is 0 Å². The lowest BCUT2D eigenvalue weighted by Crippen LogP contribution is -2.36. The molecule has 0 saturated carbocycles. The molecule has 1 aromatic carbocycles. The number of piperidine rings is 1. The summed E-state index contributed by atoms with van der Waals surface area (Å²) >= 11 is 0. The molecule has 1 saturated heterocycles. The average molecular weight is 323 g/mol. The maximum atomic E-state index is 13.3. The quantitative estimate of drug-likeness (QED) is 0.843. The van der Waals surface area contributed by atoms with Crippen LogP contribution in [0.15, 0.2) is 36.7 Å². The molecule has 23 heavy (non-hydrogen) atoms. The monoisotopic (exact) mass is 323 g/mol. The maximum absolute atomic E-state index is 13.3. The molecule has 1 fully saturated rings. The number of alkyl halides is 3. The third-order valence-corrected chi connectivity index (χ3v) is 4.46. The fraction of sp³-hybridized carbons (Fsp3) is 0.471. The zero-order valence-electron chi connectivity index (χ0n) is 13.1. The van der Waals surface area contributed by atoms with Gasteiger partial charge in [-0.1, -0.05) is 25.1 Å². The lowest BCUT2D eigenvalue weighted by atomic mass is 10.0. The van der Waals surface area contributed by atoms with Crippen LogP contribution in [0.25, 0.3) is 11.4 Å². The number of likely N-dealkylation sites (tertiary alicyclic amines) is 1. The summed E-state index contributed by atoms with van der Waals surface area (Å²) in [5.41, 5.74) is -0.478. The normalized spacial score (nSPS) is 19.9. The Kier molecular flexibility index (Phi) is 4.43. The zero-order chi connectivity index (χ0) is 16.4. The van der Waals surface area contributed by atoms with Crippen molar-refractivity contribution in [3.05, 3.63) is 42.2 Å². The number of likely N-dealkylation sites (N-methyl/N-ethyl adjacent to an activating group) is 1. The number of hydrogen-bond acceptors (Lipinski definition) is 2. The Labute approximate surface area is 133 Å². The summed E-state index contributed by atoms with van der Waals surface area (Å²) < 4.78 is 41.8. The number of benzene rings is 1. The van der Waals surface area contributed by atoms with E-state index in [4.69, 9.17) is 0 Å². The van der Waals surface area contributed by atoms with E-state index in [2.05, 4.69) is 16.8 Å². The van der Waals surface area contributed by atoms with Gasteiger partial charge in [0.05, 0.1) is 5.56 Å². The summed E-state index contributed by atoms with van der Waals surface area (Å²) in [6.45, 7) is 4.97. The molecule has 1 aliphatic rings. The van der Waals surface area contributed by atoms with E-state index in [1.165, 1.54) is 12.1 Å². The second-order valence-electron chi connectivity index (χ2n) is 5.89. The van der Waals surface area contributed by atoms with Crippen LogP contribution >= 0.6 is 0 Å². The molecular formula is C17H20F3N3. The highest BCUT2D eigenvalue weighted by molar-refractivity contribution is 5.61. The van der Waals surface area contributed by atoms with Crippen LogP contribution in [0.2, 0.25) is 0 Å². The average Bonchev–Trinajstić information content (AvgIpc) is 3.03. The molecule has 1 aromatic heterocycles. The van der Waals surface area contributed by atoms with Crippen LogP contribution in [0.4, 0.5) is 13.2 Å². The molecule has 3 rings (SSSR count). The van der Waals surface area contributed by atoms with Crippen molar-refractivity contribution in [1.29, 1.82) is 0 Å². The highest BCUT2D eigenvalue weighted by Gasteiger charge is 2.35. The van der Waals surface area contributed by atoms with Gasteiger partial charge in [-0.25, -0.2) is 4.98 Å². The van der Waals surface area contributed by atoms with E-state index in [1.54, 1.807) is 18.5 Å². The maximum Gasteiger partial charge on any atom is 0.417 e. The minimum atomic E-state index is -4.38. The van der Waals surface area contributed by atoms with Crippen molar-refractivity contribution in [2.45, 2.75) is 32.0 Å². The predicted octanol–water partition coefficient (Wildman–Crippen LogP) is 4.23. The van der Waals surface area contributed by atoms with Crippen LogP contribution in [0.1, 0.15) is 31.4 Å². The highest BCUT2D eigenvalue weighted by Crippen LogP contribution is 2.37. The Hall–Kier alpha value is -1.82. The van der Waals surface area contributed by atoms with E-state index in [-0.39, 0.29) is 11.6 Å². The number of imidazole rings is 1. The van der Waals surface area contributed by atoms with Gasteiger partial charge >= 0.3 is 6.18 Å². The Bertz CT molecular complexity index is 663. The largest absolute Gasteiger partial charge is 0.417 e. The second-order valence-corrected chi connectivity index (χ2v) is 5.89. The van der Waals surface area contributed by atoms with Crippen molar-refractivity contribution < 1.29 is 13.2 Å².